The fourth-order valence-electron chi connectivity index (χ4n) is 2.26. The fraction of sp³-hybridized carbons (Fsp3) is 0.250. The van der Waals surface area contributed by atoms with E-state index in [1.807, 2.05) is 30.3 Å². The SMILES string of the molecule is COc1ccc(C2OCc3ccccc3CO2)cc1O. The van der Waals surface area contributed by atoms with Gasteiger partial charge in [0, 0.05) is 5.56 Å². The number of aromatic hydroxyl groups is 1. The van der Waals surface area contributed by atoms with E-state index >= 15 is 0 Å². The summed E-state index contributed by atoms with van der Waals surface area (Å²) in [5, 5.41) is 9.83. The lowest BCUT2D eigenvalue weighted by atomic mass is 10.1. The molecule has 1 heterocycles. The van der Waals surface area contributed by atoms with Crippen LogP contribution in [0.15, 0.2) is 42.5 Å². The van der Waals surface area contributed by atoms with Crippen LogP contribution in [0.5, 0.6) is 11.5 Å². The Balaban J connectivity index is 1.81. The number of benzene rings is 2. The van der Waals surface area contributed by atoms with E-state index in [0.717, 1.165) is 16.7 Å². The van der Waals surface area contributed by atoms with E-state index in [9.17, 15) is 5.11 Å². The first-order valence-electron chi connectivity index (χ1n) is 6.45. The van der Waals surface area contributed by atoms with Crippen molar-refractivity contribution in [3.05, 3.63) is 59.2 Å². The zero-order valence-corrected chi connectivity index (χ0v) is 11.2. The van der Waals surface area contributed by atoms with Gasteiger partial charge in [0.15, 0.2) is 17.8 Å². The van der Waals surface area contributed by atoms with Crippen LogP contribution in [0.4, 0.5) is 0 Å². The van der Waals surface area contributed by atoms with Crippen LogP contribution in [-0.2, 0) is 22.7 Å². The minimum Gasteiger partial charge on any atom is -0.504 e. The summed E-state index contributed by atoms with van der Waals surface area (Å²) in [5.74, 6) is 0.518. The lowest BCUT2D eigenvalue weighted by Gasteiger charge is -2.16. The van der Waals surface area contributed by atoms with Gasteiger partial charge in [0.05, 0.1) is 20.3 Å². The minimum absolute atomic E-state index is 0.0824. The molecule has 0 saturated carbocycles. The third-order valence-corrected chi connectivity index (χ3v) is 3.37. The Labute approximate surface area is 117 Å². The Morgan fingerprint density at radius 2 is 1.70 bits per heavy atom. The molecule has 0 amide bonds. The van der Waals surface area contributed by atoms with Crippen LogP contribution in [-0.4, -0.2) is 12.2 Å². The van der Waals surface area contributed by atoms with Crippen LogP contribution in [0.1, 0.15) is 23.0 Å². The van der Waals surface area contributed by atoms with Gasteiger partial charge in [0.1, 0.15) is 0 Å². The van der Waals surface area contributed by atoms with Gasteiger partial charge in [-0.25, -0.2) is 0 Å². The maximum Gasteiger partial charge on any atom is 0.184 e. The standard InChI is InChI=1S/C16H16O4/c1-18-15-7-6-11(8-14(15)17)16-19-9-12-4-2-3-5-13(12)10-20-16/h2-8,16-17H,9-10H2,1H3. The second kappa shape index (κ2) is 5.53. The van der Waals surface area contributed by atoms with Gasteiger partial charge in [-0.3, -0.25) is 0 Å². The van der Waals surface area contributed by atoms with Crippen molar-refractivity contribution in [1.82, 2.24) is 0 Å². The molecule has 0 aliphatic carbocycles. The molecule has 0 bridgehead atoms. The number of phenols is 1. The molecule has 0 saturated heterocycles. The Bertz CT molecular complexity index is 582. The van der Waals surface area contributed by atoms with E-state index in [4.69, 9.17) is 14.2 Å². The minimum atomic E-state index is -0.487. The summed E-state index contributed by atoms with van der Waals surface area (Å²) in [4.78, 5) is 0. The quantitative estimate of drug-likeness (QED) is 0.912. The molecule has 0 atom stereocenters. The molecule has 20 heavy (non-hydrogen) atoms. The number of hydrogen-bond acceptors (Lipinski definition) is 4. The Hall–Kier alpha value is -2.04. The predicted molar refractivity (Wildman–Crippen MR) is 73.4 cm³/mol. The third-order valence-electron chi connectivity index (χ3n) is 3.37. The van der Waals surface area contributed by atoms with Crippen molar-refractivity contribution >= 4 is 0 Å². The van der Waals surface area contributed by atoms with Crippen LogP contribution >= 0.6 is 0 Å². The topological polar surface area (TPSA) is 47.9 Å². The monoisotopic (exact) mass is 272 g/mol. The average molecular weight is 272 g/mol. The summed E-state index contributed by atoms with van der Waals surface area (Å²) >= 11 is 0. The molecule has 0 aromatic heterocycles. The van der Waals surface area contributed by atoms with E-state index in [2.05, 4.69) is 0 Å². The zero-order valence-electron chi connectivity index (χ0n) is 11.2. The molecule has 2 aromatic carbocycles. The highest BCUT2D eigenvalue weighted by Gasteiger charge is 2.19. The van der Waals surface area contributed by atoms with Crippen molar-refractivity contribution in [1.29, 1.82) is 0 Å². The summed E-state index contributed by atoms with van der Waals surface area (Å²) in [6.45, 7) is 0.987. The zero-order chi connectivity index (χ0) is 13.9. The van der Waals surface area contributed by atoms with Crippen molar-refractivity contribution < 1.29 is 19.3 Å². The van der Waals surface area contributed by atoms with Crippen LogP contribution in [0.3, 0.4) is 0 Å². The van der Waals surface area contributed by atoms with Crippen LogP contribution in [0.25, 0.3) is 0 Å². The van der Waals surface area contributed by atoms with Gasteiger partial charge in [0.2, 0.25) is 0 Å². The number of hydrogen-bond donors (Lipinski definition) is 1. The molecule has 4 nitrogen and oxygen atoms in total. The van der Waals surface area contributed by atoms with E-state index in [1.165, 1.54) is 7.11 Å². The van der Waals surface area contributed by atoms with E-state index in [1.54, 1.807) is 12.1 Å². The number of fused-ring (bicyclic) bond motifs is 1. The summed E-state index contributed by atoms with van der Waals surface area (Å²) < 4.78 is 16.6. The van der Waals surface area contributed by atoms with Crippen molar-refractivity contribution in [2.75, 3.05) is 7.11 Å². The molecule has 0 unspecified atom stereocenters. The van der Waals surface area contributed by atoms with Gasteiger partial charge < -0.3 is 19.3 Å². The molecule has 0 radical (unpaired) electrons. The summed E-state index contributed by atoms with van der Waals surface area (Å²) in [6, 6.07) is 13.2. The number of methoxy groups -OCH3 is 1. The summed E-state index contributed by atoms with van der Waals surface area (Å²) in [7, 11) is 1.52. The highest BCUT2D eigenvalue weighted by molar-refractivity contribution is 5.42. The lowest BCUT2D eigenvalue weighted by molar-refractivity contribution is -0.153. The molecule has 0 spiro atoms. The first kappa shape index (κ1) is 13.0. The number of rotatable bonds is 2. The van der Waals surface area contributed by atoms with Gasteiger partial charge in [-0.2, -0.15) is 0 Å². The second-order valence-electron chi connectivity index (χ2n) is 4.65. The Morgan fingerprint density at radius 1 is 1.05 bits per heavy atom. The maximum atomic E-state index is 9.83. The van der Waals surface area contributed by atoms with Gasteiger partial charge in [-0.05, 0) is 23.3 Å². The van der Waals surface area contributed by atoms with Crippen molar-refractivity contribution in [3.63, 3.8) is 0 Å². The highest BCUT2D eigenvalue weighted by Crippen LogP contribution is 2.33. The molecule has 3 rings (SSSR count). The Morgan fingerprint density at radius 3 is 2.25 bits per heavy atom. The maximum absolute atomic E-state index is 9.83. The molecular weight excluding hydrogens is 256 g/mol. The van der Waals surface area contributed by atoms with Gasteiger partial charge in [0.25, 0.3) is 0 Å². The van der Waals surface area contributed by atoms with E-state index in [-0.39, 0.29) is 5.75 Å². The van der Waals surface area contributed by atoms with Gasteiger partial charge >= 0.3 is 0 Å². The lowest BCUT2D eigenvalue weighted by Crippen LogP contribution is -2.05. The summed E-state index contributed by atoms with van der Waals surface area (Å²) in [5.41, 5.74) is 3.04. The van der Waals surface area contributed by atoms with Crippen molar-refractivity contribution in [3.8, 4) is 11.5 Å². The molecule has 104 valence electrons. The molecule has 1 N–H and O–H groups in total. The Kier molecular flexibility index (Phi) is 3.58. The normalized spacial score (nSPS) is 15.4. The van der Waals surface area contributed by atoms with E-state index in [0.29, 0.717) is 19.0 Å². The molecule has 1 aliphatic heterocycles. The van der Waals surface area contributed by atoms with Crippen LogP contribution in [0.2, 0.25) is 0 Å². The molecule has 0 fully saturated rings. The van der Waals surface area contributed by atoms with Gasteiger partial charge in [-0.15, -0.1) is 0 Å². The first-order valence-corrected chi connectivity index (χ1v) is 6.45. The molecule has 2 aromatic rings. The van der Waals surface area contributed by atoms with Crippen molar-refractivity contribution in [2.24, 2.45) is 0 Å². The largest absolute Gasteiger partial charge is 0.504 e. The van der Waals surface area contributed by atoms with Crippen LogP contribution < -0.4 is 4.74 Å². The molecule has 1 aliphatic rings. The molecule has 4 heteroatoms. The average Bonchev–Trinajstić information content (AvgIpc) is 2.70. The summed E-state index contributed by atoms with van der Waals surface area (Å²) in [6.07, 6.45) is -0.487. The second-order valence-corrected chi connectivity index (χ2v) is 4.65. The predicted octanol–water partition coefficient (Wildman–Crippen LogP) is 3.15. The fourth-order valence-corrected chi connectivity index (χ4v) is 2.26. The highest BCUT2D eigenvalue weighted by atomic mass is 16.7. The first-order chi connectivity index (χ1) is 9.78. The van der Waals surface area contributed by atoms with Crippen molar-refractivity contribution in [2.45, 2.75) is 19.5 Å². The number of ether oxygens (including phenoxy) is 3. The smallest absolute Gasteiger partial charge is 0.184 e. The van der Waals surface area contributed by atoms with E-state index < -0.39 is 6.29 Å². The van der Waals surface area contributed by atoms with Crippen LogP contribution in [0, 0.1) is 0 Å². The molecular formula is C16H16O4. The third kappa shape index (κ3) is 2.48. The number of phenolic OH excluding ortho intramolecular Hbond substituents is 1. The van der Waals surface area contributed by atoms with Gasteiger partial charge in [-0.1, -0.05) is 30.3 Å².